The maximum Gasteiger partial charge on any atom is 0.192 e. The molecule has 2 N–H and O–H groups in total. The number of para-hydroxylation sites is 1. The van der Waals surface area contributed by atoms with Crippen LogP contribution in [0.1, 0.15) is 56.3 Å². The molecule has 29 heavy (non-hydrogen) atoms. The van der Waals surface area contributed by atoms with Gasteiger partial charge in [0.25, 0.3) is 0 Å². The summed E-state index contributed by atoms with van der Waals surface area (Å²) in [6.45, 7) is 3.48. The molecule has 0 saturated heterocycles. The number of anilines is 1. The number of guanidine groups is 1. The molecule has 6 nitrogen and oxygen atoms in total. The summed E-state index contributed by atoms with van der Waals surface area (Å²) >= 11 is 1.65. The van der Waals surface area contributed by atoms with Crippen molar-refractivity contribution in [1.29, 1.82) is 0 Å². The van der Waals surface area contributed by atoms with Crippen molar-refractivity contribution in [2.45, 2.75) is 57.2 Å². The second-order valence-electron chi connectivity index (χ2n) is 8.14. The van der Waals surface area contributed by atoms with Gasteiger partial charge >= 0.3 is 0 Å². The van der Waals surface area contributed by atoms with Crippen molar-refractivity contribution >= 4 is 22.4 Å². The Balaban J connectivity index is 1.53. The van der Waals surface area contributed by atoms with Gasteiger partial charge in [0.2, 0.25) is 0 Å². The summed E-state index contributed by atoms with van der Waals surface area (Å²) in [4.78, 5) is 11.5. The molecule has 2 aromatic rings. The zero-order valence-corrected chi connectivity index (χ0v) is 18.4. The van der Waals surface area contributed by atoms with E-state index >= 15 is 0 Å². The van der Waals surface area contributed by atoms with Crippen LogP contribution in [0.3, 0.4) is 0 Å². The predicted molar refractivity (Wildman–Crippen MR) is 120 cm³/mol. The predicted octanol–water partition coefficient (Wildman–Crippen LogP) is 4.10. The SMILES string of the molecule is CCNC(=NCc1csc(N(C)C)n1)NC1CC2(CCCC2)Oc2ccccc21. The molecule has 1 atom stereocenters. The minimum Gasteiger partial charge on any atom is -0.487 e. The Kier molecular flexibility index (Phi) is 5.94. The molecule has 1 unspecified atom stereocenters. The van der Waals surface area contributed by atoms with E-state index in [0.717, 1.165) is 48.3 Å². The average Bonchev–Trinajstić information content (AvgIpc) is 3.36. The summed E-state index contributed by atoms with van der Waals surface area (Å²) in [6.07, 6.45) is 5.76. The molecule has 156 valence electrons. The van der Waals surface area contributed by atoms with E-state index in [2.05, 4.69) is 52.2 Å². The number of hydrogen-bond donors (Lipinski definition) is 2. The molecule has 0 amide bonds. The van der Waals surface area contributed by atoms with Crippen molar-refractivity contribution in [2.24, 2.45) is 4.99 Å². The molecular formula is C22H31N5OS. The first kappa shape index (κ1) is 20.0. The van der Waals surface area contributed by atoms with Gasteiger partial charge in [-0.15, -0.1) is 11.3 Å². The number of benzene rings is 1. The zero-order valence-electron chi connectivity index (χ0n) is 17.6. The first-order valence-corrected chi connectivity index (χ1v) is 11.4. The molecule has 1 spiro atoms. The smallest absolute Gasteiger partial charge is 0.192 e. The van der Waals surface area contributed by atoms with Crippen LogP contribution in [-0.4, -0.2) is 37.2 Å². The first-order valence-electron chi connectivity index (χ1n) is 10.5. The van der Waals surface area contributed by atoms with Crippen LogP contribution in [0.2, 0.25) is 0 Å². The molecule has 1 fully saturated rings. The highest BCUT2D eigenvalue weighted by molar-refractivity contribution is 7.13. The summed E-state index contributed by atoms with van der Waals surface area (Å²) in [7, 11) is 4.03. The molecule has 7 heteroatoms. The Morgan fingerprint density at radius 1 is 1.31 bits per heavy atom. The number of nitrogens with zero attached hydrogens (tertiary/aromatic N) is 3. The standard InChI is InChI=1S/C22H31N5OS/c1-4-23-20(24-14-16-15-29-21(25-16)27(2)3)26-18-13-22(11-7-8-12-22)28-19-10-6-5-9-17(18)19/h5-6,9-10,15,18H,4,7-8,11-14H2,1-3H3,(H2,23,24,26). The highest BCUT2D eigenvalue weighted by Crippen LogP contribution is 2.46. The number of rotatable bonds is 5. The molecule has 2 heterocycles. The highest BCUT2D eigenvalue weighted by Gasteiger charge is 2.43. The van der Waals surface area contributed by atoms with E-state index in [1.165, 1.54) is 18.4 Å². The Morgan fingerprint density at radius 2 is 2.10 bits per heavy atom. The van der Waals surface area contributed by atoms with Gasteiger partial charge in [0.05, 0.1) is 18.3 Å². The fourth-order valence-electron chi connectivity index (χ4n) is 4.29. The van der Waals surface area contributed by atoms with Gasteiger partial charge in [-0.1, -0.05) is 18.2 Å². The molecule has 0 bridgehead atoms. The zero-order chi connectivity index (χ0) is 20.3. The van der Waals surface area contributed by atoms with Crippen LogP contribution >= 0.6 is 11.3 Å². The number of hydrogen-bond acceptors (Lipinski definition) is 5. The van der Waals surface area contributed by atoms with Crippen LogP contribution in [0, 0.1) is 0 Å². The molecular weight excluding hydrogens is 382 g/mol. The summed E-state index contributed by atoms with van der Waals surface area (Å²) < 4.78 is 6.49. The normalized spacial score (nSPS) is 20.2. The van der Waals surface area contributed by atoms with Gasteiger partial charge in [0.1, 0.15) is 11.4 Å². The lowest BCUT2D eigenvalue weighted by Gasteiger charge is -2.40. The molecule has 0 radical (unpaired) electrons. The number of fused-ring (bicyclic) bond motifs is 1. The van der Waals surface area contributed by atoms with E-state index in [-0.39, 0.29) is 11.6 Å². The van der Waals surface area contributed by atoms with Crippen LogP contribution in [0.25, 0.3) is 0 Å². The molecule has 4 rings (SSSR count). The van der Waals surface area contributed by atoms with Gasteiger partial charge in [-0.3, -0.25) is 0 Å². The Labute approximate surface area is 177 Å². The molecule has 1 aliphatic carbocycles. The average molecular weight is 414 g/mol. The first-order chi connectivity index (χ1) is 14.1. The van der Waals surface area contributed by atoms with E-state index in [9.17, 15) is 0 Å². The number of nitrogens with one attached hydrogen (secondary N) is 2. The maximum atomic E-state index is 6.49. The van der Waals surface area contributed by atoms with Gasteiger partial charge in [0, 0.05) is 38.0 Å². The fourth-order valence-corrected chi connectivity index (χ4v) is 5.04. The number of aromatic nitrogens is 1. The maximum absolute atomic E-state index is 6.49. The third kappa shape index (κ3) is 4.50. The highest BCUT2D eigenvalue weighted by atomic mass is 32.1. The van der Waals surface area contributed by atoms with Crippen molar-refractivity contribution in [2.75, 3.05) is 25.5 Å². The summed E-state index contributed by atoms with van der Waals surface area (Å²) in [5.41, 5.74) is 2.19. The van der Waals surface area contributed by atoms with Crippen LogP contribution in [0.5, 0.6) is 5.75 Å². The molecule has 1 aliphatic heterocycles. The molecule has 2 aliphatic rings. The molecule has 1 aromatic heterocycles. The van der Waals surface area contributed by atoms with Gasteiger partial charge in [0.15, 0.2) is 11.1 Å². The van der Waals surface area contributed by atoms with Crippen molar-refractivity contribution in [1.82, 2.24) is 15.6 Å². The topological polar surface area (TPSA) is 61.8 Å². The van der Waals surface area contributed by atoms with Gasteiger partial charge < -0.3 is 20.3 Å². The minimum absolute atomic E-state index is 0.0289. The monoisotopic (exact) mass is 413 g/mol. The van der Waals surface area contributed by atoms with E-state index in [1.54, 1.807) is 11.3 Å². The Bertz CT molecular complexity index is 856. The summed E-state index contributed by atoms with van der Waals surface area (Å²) in [5, 5.41) is 10.2. The number of thiazole rings is 1. The van der Waals surface area contributed by atoms with E-state index in [4.69, 9.17) is 9.73 Å². The minimum atomic E-state index is -0.0289. The van der Waals surface area contributed by atoms with Crippen molar-refractivity contribution in [3.63, 3.8) is 0 Å². The van der Waals surface area contributed by atoms with Crippen LogP contribution in [0.15, 0.2) is 34.6 Å². The number of ether oxygens (including phenoxy) is 1. The van der Waals surface area contributed by atoms with Crippen LogP contribution in [-0.2, 0) is 6.54 Å². The number of aliphatic imine (C=N–C) groups is 1. The van der Waals surface area contributed by atoms with E-state index in [0.29, 0.717) is 6.54 Å². The van der Waals surface area contributed by atoms with Gasteiger partial charge in [-0.25, -0.2) is 9.98 Å². The lowest BCUT2D eigenvalue weighted by atomic mass is 9.86. The Hall–Kier alpha value is -2.28. The third-order valence-corrected chi connectivity index (χ3v) is 6.75. The van der Waals surface area contributed by atoms with Crippen LogP contribution < -0.4 is 20.3 Å². The molecule has 1 aromatic carbocycles. The van der Waals surface area contributed by atoms with E-state index < -0.39 is 0 Å². The third-order valence-electron chi connectivity index (χ3n) is 5.69. The lowest BCUT2D eigenvalue weighted by molar-refractivity contribution is 0.0396. The van der Waals surface area contributed by atoms with E-state index in [1.807, 2.05) is 19.0 Å². The molecule has 1 saturated carbocycles. The second-order valence-corrected chi connectivity index (χ2v) is 8.98. The Morgan fingerprint density at radius 3 is 2.83 bits per heavy atom. The van der Waals surface area contributed by atoms with Crippen LogP contribution in [0.4, 0.5) is 5.13 Å². The largest absolute Gasteiger partial charge is 0.487 e. The summed E-state index contributed by atoms with van der Waals surface area (Å²) in [6, 6.07) is 8.62. The van der Waals surface area contributed by atoms with Crippen molar-refractivity contribution < 1.29 is 4.74 Å². The lowest BCUT2D eigenvalue weighted by Crippen LogP contribution is -2.46. The second kappa shape index (κ2) is 8.61. The van der Waals surface area contributed by atoms with Gasteiger partial charge in [-0.2, -0.15) is 0 Å². The fraction of sp³-hybridized carbons (Fsp3) is 0.545. The van der Waals surface area contributed by atoms with Crippen molar-refractivity contribution in [3.05, 3.63) is 40.9 Å². The summed E-state index contributed by atoms with van der Waals surface area (Å²) in [5.74, 6) is 1.85. The quantitative estimate of drug-likeness (QED) is 0.571. The van der Waals surface area contributed by atoms with Gasteiger partial charge in [-0.05, 0) is 38.7 Å². The van der Waals surface area contributed by atoms with Crippen molar-refractivity contribution in [3.8, 4) is 5.75 Å².